The van der Waals surface area contributed by atoms with Crippen molar-refractivity contribution < 1.29 is 23.4 Å². The Hall–Kier alpha value is -2.73. The third-order valence-corrected chi connectivity index (χ3v) is 6.09. The first-order valence-electron chi connectivity index (χ1n) is 10.4. The van der Waals surface area contributed by atoms with Crippen molar-refractivity contribution in [1.29, 1.82) is 0 Å². The molecular weight excluding hydrogens is 434 g/mol. The Morgan fingerprint density at radius 3 is 2.59 bits per heavy atom. The molecule has 0 radical (unpaired) electrons. The van der Waals surface area contributed by atoms with Gasteiger partial charge in [0.15, 0.2) is 5.82 Å². The molecule has 0 saturated carbocycles. The van der Waals surface area contributed by atoms with E-state index in [1.54, 1.807) is 30.3 Å². The van der Waals surface area contributed by atoms with Crippen LogP contribution >= 0.6 is 10.6 Å². The molecule has 2 aromatic rings. The SMILES string of the molecule is CS(O)(O)Cc1cc(N2CCOCC2)nc(-c2ccc(NC(=O)C3CCC(=O)N3)cc2)n1. The number of hydrogen-bond donors (Lipinski definition) is 4. The highest BCUT2D eigenvalue weighted by atomic mass is 32.3. The summed E-state index contributed by atoms with van der Waals surface area (Å²) in [6.07, 6.45) is 2.25. The monoisotopic (exact) mass is 461 g/mol. The summed E-state index contributed by atoms with van der Waals surface area (Å²) in [5.74, 6) is 0.864. The molecule has 0 bridgehead atoms. The number of nitrogens with one attached hydrogen (secondary N) is 2. The van der Waals surface area contributed by atoms with Crippen LogP contribution in [0.1, 0.15) is 18.5 Å². The zero-order valence-corrected chi connectivity index (χ0v) is 18.6. The molecule has 4 N–H and O–H groups in total. The summed E-state index contributed by atoms with van der Waals surface area (Å²) in [5, 5.41) is 5.46. The summed E-state index contributed by atoms with van der Waals surface area (Å²) in [5.41, 5.74) is 1.89. The molecule has 2 saturated heterocycles. The lowest BCUT2D eigenvalue weighted by Crippen LogP contribution is -2.37. The van der Waals surface area contributed by atoms with Gasteiger partial charge in [0.05, 0.1) is 24.7 Å². The predicted molar refractivity (Wildman–Crippen MR) is 123 cm³/mol. The van der Waals surface area contributed by atoms with E-state index in [-0.39, 0.29) is 17.6 Å². The van der Waals surface area contributed by atoms with Gasteiger partial charge in [0.1, 0.15) is 11.9 Å². The lowest BCUT2D eigenvalue weighted by Gasteiger charge is -2.30. The molecule has 2 aliphatic rings. The molecule has 1 unspecified atom stereocenters. The number of carbonyl (C=O) groups excluding carboxylic acids is 2. The molecule has 32 heavy (non-hydrogen) atoms. The van der Waals surface area contributed by atoms with E-state index in [0.29, 0.717) is 62.2 Å². The molecule has 1 aromatic heterocycles. The normalized spacial score (nSPS) is 19.5. The van der Waals surface area contributed by atoms with Gasteiger partial charge in [-0.3, -0.25) is 18.7 Å². The number of ether oxygens (including phenoxy) is 1. The van der Waals surface area contributed by atoms with Gasteiger partial charge in [0.2, 0.25) is 11.8 Å². The van der Waals surface area contributed by atoms with Crippen molar-refractivity contribution in [3.05, 3.63) is 36.0 Å². The van der Waals surface area contributed by atoms with E-state index < -0.39 is 16.6 Å². The summed E-state index contributed by atoms with van der Waals surface area (Å²) in [6, 6.07) is 8.39. The summed E-state index contributed by atoms with van der Waals surface area (Å²) >= 11 is 0. The molecule has 172 valence electrons. The van der Waals surface area contributed by atoms with Crippen LogP contribution in [0.5, 0.6) is 0 Å². The number of anilines is 2. The highest BCUT2D eigenvalue weighted by molar-refractivity contribution is 8.23. The molecule has 11 heteroatoms. The van der Waals surface area contributed by atoms with Crippen molar-refractivity contribution >= 4 is 33.9 Å². The number of nitrogens with zero attached hydrogens (tertiary/aromatic N) is 3. The molecule has 2 fully saturated rings. The molecule has 10 nitrogen and oxygen atoms in total. The Bertz CT molecular complexity index is 989. The predicted octanol–water partition coefficient (Wildman–Crippen LogP) is 2.08. The third-order valence-electron chi connectivity index (χ3n) is 5.24. The van der Waals surface area contributed by atoms with Gasteiger partial charge in [-0.25, -0.2) is 9.97 Å². The first kappa shape index (κ1) is 22.5. The molecule has 0 spiro atoms. The van der Waals surface area contributed by atoms with Crippen LogP contribution in [0, 0.1) is 0 Å². The molecule has 4 rings (SSSR count). The van der Waals surface area contributed by atoms with Crippen LogP contribution in [-0.4, -0.2) is 69.5 Å². The molecular formula is C21H27N5O5S. The summed E-state index contributed by atoms with van der Waals surface area (Å²) in [4.78, 5) is 34.9. The average Bonchev–Trinajstić information content (AvgIpc) is 3.20. The second-order valence-corrected chi connectivity index (χ2v) is 10.3. The number of morpholine rings is 1. The summed E-state index contributed by atoms with van der Waals surface area (Å²) in [6.45, 7) is 2.60. The van der Waals surface area contributed by atoms with Crippen LogP contribution in [-0.2, 0) is 20.1 Å². The van der Waals surface area contributed by atoms with Crippen LogP contribution < -0.4 is 15.5 Å². The van der Waals surface area contributed by atoms with Gasteiger partial charge in [-0.2, -0.15) is 10.6 Å². The van der Waals surface area contributed by atoms with Crippen molar-refractivity contribution in [2.24, 2.45) is 0 Å². The van der Waals surface area contributed by atoms with Crippen molar-refractivity contribution in [3.8, 4) is 11.4 Å². The van der Waals surface area contributed by atoms with E-state index in [9.17, 15) is 18.7 Å². The zero-order valence-electron chi connectivity index (χ0n) is 17.8. The van der Waals surface area contributed by atoms with Crippen molar-refractivity contribution in [2.45, 2.75) is 24.6 Å². The Morgan fingerprint density at radius 1 is 1.25 bits per heavy atom. The largest absolute Gasteiger partial charge is 0.378 e. The maximum absolute atomic E-state index is 12.3. The second-order valence-electron chi connectivity index (χ2n) is 8.00. The standard InChI is InChI=1S/C21H27N5O5S/c1-32(29,30)13-16-12-18(26-8-10-31-11-9-26)25-20(22-16)14-2-4-15(5-3-14)23-21(28)17-6-7-19(27)24-17/h2-5,12,17,29-30H,6-11,13H2,1H3,(H,23,28)(H,24,27). The summed E-state index contributed by atoms with van der Waals surface area (Å²) < 4.78 is 25.3. The van der Waals surface area contributed by atoms with Gasteiger partial charge >= 0.3 is 0 Å². The number of aromatic nitrogens is 2. The average molecular weight is 462 g/mol. The minimum atomic E-state index is -2.77. The van der Waals surface area contributed by atoms with Crippen molar-refractivity contribution in [3.63, 3.8) is 0 Å². The second kappa shape index (κ2) is 9.41. The van der Waals surface area contributed by atoms with Crippen molar-refractivity contribution in [2.75, 3.05) is 42.8 Å². The Balaban J connectivity index is 1.55. The van der Waals surface area contributed by atoms with E-state index >= 15 is 0 Å². The molecule has 0 aliphatic carbocycles. The first-order chi connectivity index (χ1) is 15.3. The van der Waals surface area contributed by atoms with Gasteiger partial charge in [0.25, 0.3) is 0 Å². The van der Waals surface area contributed by atoms with Crippen molar-refractivity contribution in [1.82, 2.24) is 15.3 Å². The fourth-order valence-corrected chi connectivity index (χ4v) is 4.37. The molecule has 2 aliphatic heterocycles. The quantitative estimate of drug-likeness (QED) is 0.513. The van der Waals surface area contributed by atoms with Gasteiger partial charge in [-0.1, -0.05) is 0 Å². The van der Waals surface area contributed by atoms with Crippen LogP contribution in [0.25, 0.3) is 11.4 Å². The Kier molecular flexibility index (Phi) is 6.60. The van der Waals surface area contributed by atoms with E-state index in [2.05, 4.69) is 25.5 Å². The maximum atomic E-state index is 12.3. The minimum absolute atomic E-state index is 0.0428. The first-order valence-corrected chi connectivity index (χ1v) is 12.5. The number of amides is 2. The van der Waals surface area contributed by atoms with E-state index in [1.807, 2.05) is 0 Å². The van der Waals surface area contributed by atoms with E-state index in [0.717, 1.165) is 5.56 Å². The number of hydrogen-bond acceptors (Lipinski definition) is 8. The van der Waals surface area contributed by atoms with Gasteiger partial charge in [-0.05, 0) is 30.7 Å². The Morgan fingerprint density at radius 2 is 1.97 bits per heavy atom. The van der Waals surface area contributed by atoms with E-state index in [1.165, 1.54) is 6.26 Å². The summed E-state index contributed by atoms with van der Waals surface area (Å²) in [7, 11) is -2.77. The Labute approximate surface area is 187 Å². The maximum Gasteiger partial charge on any atom is 0.246 e. The van der Waals surface area contributed by atoms with E-state index in [4.69, 9.17) is 4.74 Å². The highest BCUT2D eigenvalue weighted by Crippen LogP contribution is 2.38. The molecule has 2 amide bonds. The molecule has 3 heterocycles. The number of carbonyl (C=O) groups is 2. The number of rotatable bonds is 6. The fraction of sp³-hybridized carbons (Fsp3) is 0.429. The lowest BCUT2D eigenvalue weighted by atomic mass is 10.1. The van der Waals surface area contributed by atoms with Crippen LogP contribution in [0.2, 0.25) is 0 Å². The molecule has 1 aromatic carbocycles. The van der Waals surface area contributed by atoms with Gasteiger partial charge in [0, 0.05) is 43.1 Å². The van der Waals surface area contributed by atoms with Crippen LogP contribution in [0.3, 0.4) is 0 Å². The zero-order chi connectivity index (χ0) is 22.7. The minimum Gasteiger partial charge on any atom is -0.378 e. The fourth-order valence-electron chi connectivity index (χ4n) is 3.66. The van der Waals surface area contributed by atoms with Gasteiger partial charge in [-0.15, -0.1) is 0 Å². The smallest absolute Gasteiger partial charge is 0.246 e. The topological polar surface area (TPSA) is 137 Å². The lowest BCUT2D eigenvalue weighted by molar-refractivity contribution is -0.122. The van der Waals surface area contributed by atoms with Crippen LogP contribution in [0.4, 0.5) is 11.5 Å². The third kappa shape index (κ3) is 5.74. The molecule has 1 atom stereocenters. The number of benzene rings is 1. The van der Waals surface area contributed by atoms with Crippen LogP contribution in [0.15, 0.2) is 30.3 Å². The van der Waals surface area contributed by atoms with Gasteiger partial charge < -0.3 is 20.3 Å². The highest BCUT2D eigenvalue weighted by Gasteiger charge is 2.27.